The second-order valence-electron chi connectivity index (χ2n) is 6.85. The lowest BCUT2D eigenvalue weighted by Gasteiger charge is -2.23. The molecule has 0 fully saturated rings. The summed E-state index contributed by atoms with van der Waals surface area (Å²) in [5, 5.41) is 4.55. The molecule has 0 saturated heterocycles. The average Bonchev–Trinajstić information content (AvgIpc) is 2.92. The first-order chi connectivity index (χ1) is 12.4. The summed E-state index contributed by atoms with van der Waals surface area (Å²) in [4.78, 5) is 21.7. The highest BCUT2D eigenvalue weighted by atomic mass is 19.1. The molecule has 0 N–H and O–H groups in total. The molecule has 6 heteroatoms. The van der Waals surface area contributed by atoms with Crippen molar-refractivity contribution in [1.29, 1.82) is 0 Å². The summed E-state index contributed by atoms with van der Waals surface area (Å²) in [6.07, 6.45) is 1.04. The Kier molecular flexibility index (Phi) is 3.90. The average molecular weight is 350 g/mol. The zero-order valence-electron chi connectivity index (χ0n) is 15.0. The summed E-state index contributed by atoms with van der Waals surface area (Å²) < 4.78 is 14.9. The summed E-state index contributed by atoms with van der Waals surface area (Å²) in [5.41, 5.74) is 4.87. The van der Waals surface area contributed by atoms with Gasteiger partial charge in [-0.1, -0.05) is 12.1 Å². The van der Waals surface area contributed by atoms with Crippen LogP contribution >= 0.6 is 0 Å². The van der Waals surface area contributed by atoms with Crippen LogP contribution < -0.4 is 0 Å². The summed E-state index contributed by atoms with van der Waals surface area (Å²) >= 11 is 0. The Morgan fingerprint density at radius 3 is 2.35 bits per heavy atom. The van der Waals surface area contributed by atoms with Crippen LogP contribution in [0.3, 0.4) is 0 Å². The van der Waals surface area contributed by atoms with E-state index in [-0.39, 0.29) is 17.5 Å². The zero-order valence-corrected chi connectivity index (χ0v) is 15.0. The highest BCUT2D eigenvalue weighted by Crippen LogP contribution is 2.34. The number of Topliss-reactive ketones (excluding diaryl/α,β-unsaturated/α-hetero) is 1. The van der Waals surface area contributed by atoms with Gasteiger partial charge < -0.3 is 0 Å². The predicted molar refractivity (Wildman–Crippen MR) is 95.2 cm³/mol. The Morgan fingerprint density at radius 1 is 1.04 bits per heavy atom. The second kappa shape index (κ2) is 6.12. The quantitative estimate of drug-likeness (QED) is 0.708. The molecule has 0 spiro atoms. The zero-order chi connectivity index (χ0) is 18.4. The summed E-state index contributed by atoms with van der Waals surface area (Å²) in [6.45, 7) is 5.66. The molecule has 1 aliphatic rings. The Labute approximate surface area is 150 Å². The molecule has 2 aromatic heterocycles. The summed E-state index contributed by atoms with van der Waals surface area (Å²) in [5.74, 6) is 0.269. The number of carbonyl (C=O) groups is 1. The van der Waals surface area contributed by atoms with Gasteiger partial charge in [-0.2, -0.15) is 5.10 Å². The first-order valence-corrected chi connectivity index (χ1v) is 8.62. The maximum atomic E-state index is 13.2. The third-order valence-corrected chi connectivity index (χ3v) is 4.81. The van der Waals surface area contributed by atoms with Gasteiger partial charge in [0.2, 0.25) is 0 Å². The number of nitrogens with zero attached hydrogens (tertiary/aromatic N) is 4. The van der Waals surface area contributed by atoms with E-state index in [9.17, 15) is 9.18 Å². The molecule has 0 bridgehead atoms. The molecule has 4 rings (SSSR count). The van der Waals surface area contributed by atoms with E-state index in [1.54, 1.807) is 16.8 Å². The molecule has 132 valence electrons. The third kappa shape index (κ3) is 2.81. The fraction of sp³-hybridized carbons (Fsp3) is 0.300. The van der Waals surface area contributed by atoms with Gasteiger partial charge in [0.1, 0.15) is 5.82 Å². The van der Waals surface area contributed by atoms with Crippen molar-refractivity contribution < 1.29 is 9.18 Å². The lowest BCUT2D eigenvalue weighted by atomic mass is 9.81. The largest absolute Gasteiger partial charge is 0.294 e. The van der Waals surface area contributed by atoms with Gasteiger partial charge in [0.25, 0.3) is 5.95 Å². The molecule has 26 heavy (non-hydrogen) atoms. The minimum Gasteiger partial charge on any atom is -0.294 e. The van der Waals surface area contributed by atoms with Crippen LogP contribution in [0.1, 0.15) is 51.0 Å². The van der Waals surface area contributed by atoms with E-state index in [4.69, 9.17) is 0 Å². The van der Waals surface area contributed by atoms with E-state index < -0.39 is 0 Å². The van der Waals surface area contributed by atoms with Gasteiger partial charge in [-0.15, -0.1) is 0 Å². The molecule has 0 amide bonds. The number of aryl methyl sites for hydroxylation is 3. The maximum absolute atomic E-state index is 13.2. The molecule has 1 atom stereocenters. The fourth-order valence-corrected chi connectivity index (χ4v) is 3.70. The van der Waals surface area contributed by atoms with Crippen LogP contribution in [0.15, 0.2) is 30.3 Å². The van der Waals surface area contributed by atoms with Crippen LogP contribution in [0.2, 0.25) is 0 Å². The standard InChI is InChI=1S/C20H19FN4O/c1-11-8-12(2)23-20(22-11)25-17-9-15(14-4-6-16(21)7-5-14)10-18(26)19(17)13(3)24-25/h4-8,15H,9-10H2,1-3H3/t15-/m1/s1. The minimum absolute atomic E-state index is 0.00337. The minimum atomic E-state index is -0.277. The van der Waals surface area contributed by atoms with E-state index in [0.717, 1.165) is 22.6 Å². The van der Waals surface area contributed by atoms with Crippen molar-refractivity contribution in [3.05, 3.63) is 70.1 Å². The van der Waals surface area contributed by atoms with E-state index in [1.165, 1.54) is 12.1 Å². The Morgan fingerprint density at radius 2 is 1.69 bits per heavy atom. The lowest BCUT2D eigenvalue weighted by molar-refractivity contribution is 0.0963. The van der Waals surface area contributed by atoms with E-state index in [1.807, 2.05) is 26.8 Å². The smallest absolute Gasteiger partial charge is 0.251 e. The summed E-state index contributed by atoms with van der Waals surface area (Å²) in [7, 11) is 0. The third-order valence-electron chi connectivity index (χ3n) is 4.81. The Balaban J connectivity index is 1.81. The highest BCUT2D eigenvalue weighted by molar-refractivity contribution is 6.00. The molecule has 5 nitrogen and oxygen atoms in total. The molecule has 1 aliphatic carbocycles. The predicted octanol–water partition coefficient (Wildman–Crippen LogP) is 3.64. The van der Waals surface area contributed by atoms with E-state index in [0.29, 0.717) is 30.0 Å². The first-order valence-electron chi connectivity index (χ1n) is 8.62. The van der Waals surface area contributed by atoms with Gasteiger partial charge in [0.05, 0.1) is 17.0 Å². The number of aromatic nitrogens is 4. The van der Waals surface area contributed by atoms with Crippen molar-refractivity contribution >= 4 is 5.78 Å². The SMILES string of the molecule is Cc1cc(C)nc(-n2nc(C)c3c2C[C@@H](c2ccc(F)cc2)CC3=O)n1. The van der Waals surface area contributed by atoms with E-state index >= 15 is 0 Å². The monoisotopic (exact) mass is 350 g/mol. The number of hydrogen-bond acceptors (Lipinski definition) is 4. The molecule has 2 heterocycles. The van der Waals surface area contributed by atoms with Crippen molar-refractivity contribution in [3.63, 3.8) is 0 Å². The molecule has 0 aliphatic heterocycles. The van der Waals surface area contributed by atoms with Gasteiger partial charge in [-0.3, -0.25) is 4.79 Å². The van der Waals surface area contributed by atoms with Crippen molar-refractivity contribution in [2.24, 2.45) is 0 Å². The lowest BCUT2D eigenvalue weighted by Crippen LogP contribution is -2.21. The van der Waals surface area contributed by atoms with Gasteiger partial charge in [-0.05, 0) is 56.9 Å². The van der Waals surface area contributed by atoms with Gasteiger partial charge in [-0.25, -0.2) is 19.0 Å². The molecule has 3 aromatic rings. The number of benzene rings is 1. The molecule has 0 radical (unpaired) electrons. The van der Waals surface area contributed by atoms with Crippen LogP contribution in [0, 0.1) is 26.6 Å². The van der Waals surface area contributed by atoms with Crippen molar-refractivity contribution in [3.8, 4) is 5.95 Å². The molecule has 0 saturated carbocycles. The topological polar surface area (TPSA) is 60.7 Å². The van der Waals surface area contributed by atoms with Crippen LogP contribution in [0.5, 0.6) is 0 Å². The number of hydrogen-bond donors (Lipinski definition) is 0. The number of ketones is 1. The number of rotatable bonds is 2. The van der Waals surface area contributed by atoms with E-state index in [2.05, 4.69) is 15.1 Å². The Hall–Kier alpha value is -2.89. The molecular formula is C20H19FN4O. The molecular weight excluding hydrogens is 331 g/mol. The van der Waals surface area contributed by atoms with Crippen LogP contribution in [0.25, 0.3) is 5.95 Å². The highest BCUT2D eigenvalue weighted by Gasteiger charge is 2.32. The normalized spacial score (nSPS) is 16.6. The Bertz CT molecular complexity index is 987. The summed E-state index contributed by atoms with van der Waals surface area (Å²) in [6, 6.07) is 8.27. The first kappa shape index (κ1) is 16.6. The van der Waals surface area contributed by atoms with Gasteiger partial charge in [0.15, 0.2) is 5.78 Å². The number of halogens is 1. The molecule has 0 unspecified atom stereocenters. The van der Waals surface area contributed by atoms with Crippen LogP contribution in [-0.2, 0) is 6.42 Å². The van der Waals surface area contributed by atoms with Crippen LogP contribution in [0.4, 0.5) is 4.39 Å². The van der Waals surface area contributed by atoms with Crippen LogP contribution in [-0.4, -0.2) is 25.5 Å². The second-order valence-corrected chi connectivity index (χ2v) is 6.85. The number of fused-ring (bicyclic) bond motifs is 1. The molecule has 1 aromatic carbocycles. The number of carbonyl (C=O) groups excluding carboxylic acids is 1. The fourth-order valence-electron chi connectivity index (χ4n) is 3.70. The van der Waals surface area contributed by atoms with Crippen molar-refractivity contribution in [2.45, 2.75) is 39.5 Å². The van der Waals surface area contributed by atoms with Gasteiger partial charge in [0, 0.05) is 17.8 Å². The van der Waals surface area contributed by atoms with Crippen molar-refractivity contribution in [1.82, 2.24) is 19.7 Å². The van der Waals surface area contributed by atoms with Gasteiger partial charge >= 0.3 is 0 Å². The van der Waals surface area contributed by atoms with Crippen molar-refractivity contribution in [2.75, 3.05) is 0 Å². The maximum Gasteiger partial charge on any atom is 0.251 e.